The van der Waals surface area contributed by atoms with Crippen LogP contribution in [0.15, 0.2) is 66.3 Å². The van der Waals surface area contributed by atoms with E-state index in [1.54, 1.807) is 24.3 Å². The second-order valence-electron chi connectivity index (χ2n) is 7.34. The summed E-state index contributed by atoms with van der Waals surface area (Å²) in [6.07, 6.45) is 0. The van der Waals surface area contributed by atoms with E-state index in [-0.39, 0.29) is 34.5 Å². The Balaban J connectivity index is 2.14. The number of carbonyl (C=O) groups excluding carboxylic acids is 2. The maximum Gasteiger partial charge on any atom is 0.345 e. The molecule has 4 rings (SSSR count). The van der Waals surface area contributed by atoms with Crippen LogP contribution in [0.5, 0.6) is 11.9 Å². The van der Waals surface area contributed by atoms with Crippen molar-refractivity contribution in [3.05, 3.63) is 68.6 Å². The summed E-state index contributed by atoms with van der Waals surface area (Å²) in [5.74, 6) is -1.21. The number of benzene rings is 2. The van der Waals surface area contributed by atoms with Gasteiger partial charge >= 0.3 is 23.8 Å². The summed E-state index contributed by atoms with van der Waals surface area (Å²) >= 11 is 6.85. The van der Waals surface area contributed by atoms with Crippen molar-refractivity contribution >= 4 is 43.8 Å². The number of rotatable bonds is 7. The molecule has 36 heavy (non-hydrogen) atoms. The van der Waals surface area contributed by atoms with Crippen LogP contribution in [-0.4, -0.2) is 40.4 Å². The molecule has 0 bridgehead atoms. The molecule has 0 aliphatic carbocycles. The Kier molecular flexibility index (Phi) is 7.56. The van der Waals surface area contributed by atoms with E-state index >= 15 is 0 Å². The van der Waals surface area contributed by atoms with Crippen molar-refractivity contribution in [2.45, 2.75) is 0 Å². The van der Waals surface area contributed by atoms with Gasteiger partial charge in [0.15, 0.2) is 22.6 Å². The molecule has 2 aromatic carbocycles. The van der Waals surface area contributed by atoms with Crippen LogP contribution < -0.4 is 9.47 Å². The van der Waals surface area contributed by atoms with Gasteiger partial charge in [-0.3, -0.25) is 0 Å². The number of furan rings is 2. The van der Waals surface area contributed by atoms with Gasteiger partial charge in [-0.1, -0.05) is 56.1 Å². The quantitative estimate of drug-likeness (QED) is 0.204. The van der Waals surface area contributed by atoms with Crippen LogP contribution in [-0.2, 0) is 9.47 Å². The highest BCUT2D eigenvalue weighted by atomic mass is 79.9. The normalized spacial score (nSPS) is 10.7. The molecular formula is C26H20Br2O8. The molecule has 0 radical (unpaired) electrons. The highest BCUT2D eigenvalue weighted by Gasteiger charge is 2.36. The number of esters is 2. The molecule has 2 heterocycles. The smallest absolute Gasteiger partial charge is 0.345 e. The highest BCUT2D eigenvalue weighted by Crippen LogP contribution is 2.50. The monoisotopic (exact) mass is 618 g/mol. The van der Waals surface area contributed by atoms with Crippen molar-refractivity contribution in [3.63, 3.8) is 0 Å². The predicted octanol–water partition coefficient (Wildman–Crippen LogP) is 6.99. The van der Waals surface area contributed by atoms with E-state index in [4.69, 9.17) is 27.8 Å². The number of hydrogen-bond acceptors (Lipinski definition) is 8. The SMILES string of the molecule is COC(=O)c1c(OC)oc(-c2oc(OC)c(C(=O)OC)c2-c2ccc(Br)cc2)c1-c1ccc(Br)cc1. The molecule has 10 heteroatoms. The molecule has 0 N–H and O–H groups in total. The lowest BCUT2D eigenvalue weighted by atomic mass is 9.95. The van der Waals surface area contributed by atoms with Crippen molar-refractivity contribution in [3.8, 4) is 45.7 Å². The minimum absolute atomic E-state index is 0.0639. The van der Waals surface area contributed by atoms with Crippen LogP contribution in [0, 0.1) is 0 Å². The molecule has 0 fully saturated rings. The number of methoxy groups -OCH3 is 4. The van der Waals surface area contributed by atoms with Gasteiger partial charge in [0.2, 0.25) is 0 Å². The van der Waals surface area contributed by atoms with Gasteiger partial charge in [-0.2, -0.15) is 0 Å². The third kappa shape index (κ3) is 4.54. The fourth-order valence-electron chi connectivity index (χ4n) is 3.79. The van der Waals surface area contributed by atoms with Gasteiger partial charge in [-0.25, -0.2) is 9.59 Å². The van der Waals surface area contributed by atoms with Crippen molar-refractivity contribution in [1.29, 1.82) is 0 Å². The van der Waals surface area contributed by atoms with E-state index in [1.807, 2.05) is 24.3 Å². The Morgan fingerprint density at radius 1 is 0.611 bits per heavy atom. The molecule has 0 spiro atoms. The summed E-state index contributed by atoms with van der Waals surface area (Å²) in [5, 5.41) is 0. The molecule has 0 aliphatic heterocycles. The minimum Gasteiger partial charge on any atom is -0.468 e. The molecular weight excluding hydrogens is 600 g/mol. The fraction of sp³-hybridized carbons (Fsp3) is 0.154. The van der Waals surface area contributed by atoms with E-state index in [0.717, 1.165) is 8.95 Å². The highest BCUT2D eigenvalue weighted by molar-refractivity contribution is 9.10. The topological polar surface area (TPSA) is 97.3 Å². The van der Waals surface area contributed by atoms with Crippen LogP contribution in [0.1, 0.15) is 20.7 Å². The van der Waals surface area contributed by atoms with Crippen LogP contribution in [0.4, 0.5) is 0 Å². The third-order valence-corrected chi connectivity index (χ3v) is 6.43. The second kappa shape index (κ2) is 10.6. The molecule has 0 saturated heterocycles. The van der Waals surface area contributed by atoms with Crippen molar-refractivity contribution in [1.82, 2.24) is 0 Å². The van der Waals surface area contributed by atoms with Crippen molar-refractivity contribution in [2.24, 2.45) is 0 Å². The summed E-state index contributed by atoms with van der Waals surface area (Å²) in [7, 11) is 5.27. The Hall–Kier alpha value is -3.50. The molecule has 186 valence electrons. The third-order valence-electron chi connectivity index (χ3n) is 5.37. The summed E-state index contributed by atoms with van der Waals surface area (Å²) in [6, 6.07) is 14.5. The molecule has 8 nitrogen and oxygen atoms in total. The zero-order valence-electron chi connectivity index (χ0n) is 19.6. The van der Waals surface area contributed by atoms with Gasteiger partial charge in [-0.05, 0) is 35.4 Å². The Morgan fingerprint density at radius 3 is 1.22 bits per heavy atom. The Labute approximate surface area is 223 Å². The van der Waals surface area contributed by atoms with E-state index in [2.05, 4.69) is 31.9 Å². The first kappa shape index (κ1) is 25.6. The molecule has 0 unspecified atom stereocenters. The number of hydrogen-bond donors (Lipinski definition) is 0. The average molecular weight is 620 g/mol. The summed E-state index contributed by atoms with van der Waals surface area (Å²) in [4.78, 5) is 25.7. The van der Waals surface area contributed by atoms with Crippen LogP contribution >= 0.6 is 31.9 Å². The zero-order valence-corrected chi connectivity index (χ0v) is 22.8. The largest absolute Gasteiger partial charge is 0.468 e. The van der Waals surface area contributed by atoms with E-state index in [9.17, 15) is 9.59 Å². The van der Waals surface area contributed by atoms with Crippen LogP contribution in [0.3, 0.4) is 0 Å². The van der Waals surface area contributed by atoms with Crippen molar-refractivity contribution < 1.29 is 37.4 Å². The number of carbonyl (C=O) groups is 2. The Morgan fingerprint density at radius 2 is 0.944 bits per heavy atom. The molecule has 0 saturated carbocycles. The summed E-state index contributed by atoms with van der Waals surface area (Å²) in [5.41, 5.74) is 2.09. The van der Waals surface area contributed by atoms with E-state index in [0.29, 0.717) is 22.3 Å². The molecule has 0 atom stereocenters. The molecule has 4 aromatic rings. The summed E-state index contributed by atoms with van der Waals surface area (Å²) in [6.45, 7) is 0. The Bertz CT molecular complexity index is 1310. The van der Waals surface area contributed by atoms with Gasteiger partial charge in [0.25, 0.3) is 0 Å². The van der Waals surface area contributed by atoms with E-state index < -0.39 is 11.9 Å². The lowest BCUT2D eigenvalue weighted by Gasteiger charge is -2.07. The number of ether oxygens (including phenoxy) is 4. The summed E-state index contributed by atoms with van der Waals surface area (Å²) < 4.78 is 34.6. The maximum absolute atomic E-state index is 12.9. The van der Waals surface area contributed by atoms with Gasteiger partial charge in [0, 0.05) is 8.95 Å². The first-order chi connectivity index (χ1) is 17.3. The maximum atomic E-state index is 12.9. The standard InChI is InChI=1S/C26H20Br2O8/c1-31-23(29)19-17(13-5-9-15(27)10-6-13)21(35-25(19)33-3)22-18(14-7-11-16(28)12-8-14)20(24(30)32-2)26(34-4)36-22/h5-12H,1-4H3. The van der Waals surface area contributed by atoms with Gasteiger partial charge in [0.1, 0.15) is 0 Å². The lowest BCUT2D eigenvalue weighted by molar-refractivity contribution is 0.0585. The van der Waals surface area contributed by atoms with Crippen LogP contribution in [0.25, 0.3) is 33.8 Å². The molecule has 2 aromatic heterocycles. The van der Waals surface area contributed by atoms with Gasteiger partial charge in [0.05, 0.1) is 39.6 Å². The van der Waals surface area contributed by atoms with Gasteiger partial charge in [-0.15, -0.1) is 0 Å². The second-order valence-corrected chi connectivity index (χ2v) is 9.17. The average Bonchev–Trinajstić information content (AvgIpc) is 3.47. The molecule has 0 aliphatic rings. The first-order valence-electron chi connectivity index (χ1n) is 10.4. The van der Waals surface area contributed by atoms with Crippen LogP contribution in [0.2, 0.25) is 0 Å². The lowest BCUT2D eigenvalue weighted by Crippen LogP contribution is -2.04. The zero-order chi connectivity index (χ0) is 26.0. The predicted molar refractivity (Wildman–Crippen MR) is 138 cm³/mol. The van der Waals surface area contributed by atoms with Crippen molar-refractivity contribution in [2.75, 3.05) is 28.4 Å². The van der Waals surface area contributed by atoms with E-state index in [1.165, 1.54) is 28.4 Å². The molecule has 0 amide bonds. The fourth-order valence-corrected chi connectivity index (χ4v) is 4.32. The number of halogens is 2. The first-order valence-corrected chi connectivity index (χ1v) is 12.0. The van der Waals surface area contributed by atoms with Gasteiger partial charge < -0.3 is 27.8 Å². The minimum atomic E-state index is -0.670.